The summed E-state index contributed by atoms with van der Waals surface area (Å²) in [6, 6.07) is 10.1. The van der Waals surface area contributed by atoms with Crippen LogP contribution in [0.1, 0.15) is 27.8 Å². The maximum atomic E-state index is 14.8. The molecular formula is C26H19F3N4O5. The fourth-order valence-electron chi connectivity index (χ4n) is 3.43. The van der Waals surface area contributed by atoms with E-state index in [4.69, 9.17) is 15.2 Å². The Kier molecular flexibility index (Phi) is 7.42. The van der Waals surface area contributed by atoms with Gasteiger partial charge in [0.25, 0.3) is 17.4 Å². The molecular weight excluding hydrogens is 505 g/mol. The Balaban J connectivity index is 1.65. The van der Waals surface area contributed by atoms with E-state index in [0.717, 1.165) is 22.8 Å². The molecule has 0 unspecified atom stereocenters. The van der Waals surface area contributed by atoms with E-state index < -0.39 is 51.8 Å². The van der Waals surface area contributed by atoms with Crippen molar-refractivity contribution in [2.45, 2.75) is 6.92 Å². The molecule has 2 amide bonds. The van der Waals surface area contributed by atoms with Crippen LogP contribution in [-0.4, -0.2) is 28.0 Å². The fraction of sp³-hybridized carbons (Fsp3) is 0.0769. The number of hydrogen-bond donors (Lipinski definition) is 2. The third-order valence-corrected chi connectivity index (χ3v) is 5.17. The summed E-state index contributed by atoms with van der Waals surface area (Å²) in [6.07, 6.45) is 2.54. The van der Waals surface area contributed by atoms with E-state index in [0.29, 0.717) is 12.1 Å². The van der Waals surface area contributed by atoms with Crippen molar-refractivity contribution in [3.63, 3.8) is 0 Å². The predicted octanol–water partition coefficient (Wildman–Crippen LogP) is 4.19. The number of hydrogen-bond acceptors (Lipinski definition) is 6. The molecule has 0 radical (unpaired) electrons. The lowest BCUT2D eigenvalue weighted by atomic mass is 10.2. The van der Waals surface area contributed by atoms with Gasteiger partial charge in [0.2, 0.25) is 0 Å². The number of aromatic nitrogens is 2. The van der Waals surface area contributed by atoms with Crippen molar-refractivity contribution in [1.29, 1.82) is 0 Å². The maximum absolute atomic E-state index is 14.8. The van der Waals surface area contributed by atoms with E-state index in [1.165, 1.54) is 36.7 Å². The first-order valence-corrected chi connectivity index (χ1v) is 11.1. The summed E-state index contributed by atoms with van der Waals surface area (Å²) < 4.78 is 54.7. The Morgan fingerprint density at radius 2 is 1.74 bits per heavy atom. The van der Waals surface area contributed by atoms with E-state index in [2.05, 4.69) is 10.3 Å². The number of amides is 2. The molecule has 9 nitrogen and oxygen atoms in total. The molecule has 4 aromatic rings. The van der Waals surface area contributed by atoms with Crippen LogP contribution in [0.3, 0.4) is 0 Å². The summed E-state index contributed by atoms with van der Waals surface area (Å²) in [4.78, 5) is 41.2. The first-order valence-electron chi connectivity index (χ1n) is 11.1. The van der Waals surface area contributed by atoms with Crippen molar-refractivity contribution in [1.82, 2.24) is 9.55 Å². The molecule has 0 aliphatic carbocycles. The smallest absolute Gasteiger partial charge is 0.271 e. The number of nitrogens with zero attached hydrogens (tertiary/aromatic N) is 2. The molecule has 194 valence electrons. The van der Waals surface area contributed by atoms with Gasteiger partial charge < -0.3 is 20.5 Å². The summed E-state index contributed by atoms with van der Waals surface area (Å²) in [5, 5.41) is 2.18. The molecule has 0 fully saturated rings. The second kappa shape index (κ2) is 10.9. The van der Waals surface area contributed by atoms with E-state index in [-0.39, 0.29) is 29.5 Å². The lowest BCUT2D eigenvalue weighted by molar-refractivity contribution is 0.0992. The minimum absolute atomic E-state index is 0.0316. The van der Waals surface area contributed by atoms with Crippen LogP contribution in [0.15, 0.2) is 71.8 Å². The van der Waals surface area contributed by atoms with Gasteiger partial charge in [-0.15, -0.1) is 0 Å². The van der Waals surface area contributed by atoms with Crippen molar-refractivity contribution < 1.29 is 32.2 Å². The van der Waals surface area contributed by atoms with Crippen LogP contribution in [-0.2, 0) is 0 Å². The molecule has 38 heavy (non-hydrogen) atoms. The number of benzene rings is 2. The van der Waals surface area contributed by atoms with Gasteiger partial charge in [-0.2, -0.15) is 0 Å². The summed E-state index contributed by atoms with van der Waals surface area (Å²) in [6.45, 7) is 1.75. The molecule has 2 heterocycles. The monoisotopic (exact) mass is 524 g/mol. The molecule has 2 aromatic carbocycles. The first kappa shape index (κ1) is 25.9. The van der Waals surface area contributed by atoms with Gasteiger partial charge in [0.15, 0.2) is 17.4 Å². The van der Waals surface area contributed by atoms with Crippen LogP contribution in [0, 0.1) is 17.5 Å². The lowest BCUT2D eigenvalue weighted by Gasteiger charge is -2.14. The molecule has 12 heteroatoms. The average molecular weight is 524 g/mol. The molecule has 0 saturated heterocycles. The quantitative estimate of drug-likeness (QED) is 0.356. The van der Waals surface area contributed by atoms with Crippen molar-refractivity contribution in [3.8, 4) is 22.9 Å². The minimum Gasteiger partial charge on any atom is -0.493 e. The number of carbonyl (C=O) groups is 2. The summed E-state index contributed by atoms with van der Waals surface area (Å²) in [5.41, 5.74) is 3.39. The van der Waals surface area contributed by atoms with Gasteiger partial charge >= 0.3 is 0 Å². The van der Waals surface area contributed by atoms with Gasteiger partial charge in [0.1, 0.15) is 28.6 Å². The van der Waals surface area contributed by atoms with E-state index >= 15 is 0 Å². The third-order valence-electron chi connectivity index (χ3n) is 5.17. The third kappa shape index (κ3) is 5.48. The highest BCUT2D eigenvalue weighted by Gasteiger charge is 2.22. The number of pyridine rings is 2. The molecule has 0 atom stereocenters. The van der Waals surface area contributed by atoms with Crippen molar-refractivity contribution in [2.24, 2.45) is 5.73 Å². The highest BCUT2D eigenvalue weighted by Crippen LogP contribution is 2.30. The zero-order valence-electron chi connectivity index (χ0n) is 19.7. The zero-order chi connectivity index (χ0) is 27.4. The number of halogens is 3. The van der Waals surface area contributed by atoms with Gasteiger partial charge in [-0.25, -0.2) is 13.2 Å². The van der Waals surface area contributed by atoms with Crippen LogP contribution >= 0.6 is 0 Å². The van der Waals surface area contributed by atoms with Gasteiger partial charge in [0, 0.05) is 36.3 Å². The number of rotatable bonds is 8. The second-order valence-corrected chi connectivity index (χ2v) is 7.70. The molecule has 0 aliphatic rings. The van der Waals surface area contributed by atoms with Crippen molar-refractivity contribution in [2.75, 3.05) is 11.9 Å². The molecule has 0 saturated carbocycles. The first-order chi connectivity index (χ1) is 18.2. The Labute approximate surface area is 213 Å². The number of ether oxygens (including phenoxy) is 2. The Morgan fingerprint density at radius 1 is 1.00 bits per heavy atom. The van der Waals surface area contributed by atoms with Crippen molar-refractivity contribution >= 4 is 17.5 Å². The number of carbonyl (C=O) groups excluding carboxylic acids is 2. The van der Waals surface area contributed by atoms with Crippen LogP contribution < -0.4 is 26.1 Å². The van der Waals surface area contributed by atoms with Crippen LogP contribution in [0.5, 0.6) is 17.2 Å². The number of anilines is 1. The van der Waals surface area contributed by atoms with Crippen LogP contribution in [0.25, 0.3) is 5.69 Å². The second-order valence-electron chi connectivity index (χ2n) is 7.70. The Morgan fingerprint density at radius 3 is 2.42 bits per heavy atom. The van der Waals surface area contributed by atoms with Gasteiger partial charge in [-0.05, 0) is 43.3 Å². The number of nitrogens with two attached hydrogens (primary N) is 1. The molecule has 4 rings (SSSR count). The summed E-state index contributed by atoms with van der Waals surface area (Å²) >= 11 is 0. The molecule has 2 aromatic heterocycles. The van der Waals surface area contributed by atoms with Crippen LogP contribution in [0.4, 0.5) is 18.9 Å². The SMILES string of the molecule is CCOc1ccn(-c2ccc(F)cc2)c(=O)c1C(=O)Nc1cc(F)c(Oc2ccnc(C(N)=O)c2)cc1F. The molecule has 0 bridgehead atoms. The average Bonchev–Trinajstić information content (AvgIpc) is 2.88. The Bertz CT molecular complexity index is 1590. The largest absolute Gasteiger partial charge is 0.493 e. The van der Waals surface area contributed by atoms with Gasteiger partial charge in [-0.3, -0.25) is 23.9 Å². The number of primary amides is 1. The highest BCUT2D eigenvalue weighted by molar-refractivity contribution is 6.06. The maximum Gasteiger partial charge on any atom is 0.271 e. The van der Waals surface area contributed by atoms with Gasteiger partial charge in [-0.1, -0.05) is 0 Å². The zero-order valence-corrected chi connectivity index (χ0v) is 19.7. The molecule has 0 aliphatic heterocycles. The predicted molar refractivity (Wildman–Crippen MR) is 130 cm³/mol. The Hall–Kier alpha value is -5.13. The van der Waals surface area contributed by atoms with Crippen LogP contribution in [0.2, 0.25) is 0 Å². The molecule has 0 spiro atoms. The lowest BCUT2D eigenvalue weighted by Crippen LogP contribution is -2.29. The van der Waals surface area contributed by atoms with E-state index in [1.807, 2.05) is 0 Å². The minimum atomic E-state index is -1.08. The van der Waals surface area contributed by atoms with E-state index in [1.54, 1.807) is 6.92 Å². The van der Waals surface area contributed by atoms with Gasteiger partial charge in [0.05, 0.1) is 12.3 Å². The molecule has 3 N–H and O–H groups in total. The number of nitrogens with one attached hydrogen (secondary N) is 1. The van der Waals surface area contributed by atoms with E-state index in [9.17, 15) is 27.6 Å². The summed E-state index contributed by atoms with van der Waals surface area (Å²) in [7, 11) is 0. The standard InChI is InChI=1S/C26H19F3N4O5/c1-2-37-21-8-10-33(15-5-3-14(27)4-6-15)26(36)23(21)25(35)32-19-12-18(29)22(13-17(19)28)38-16-7-9-31-20(11-16)24(30)34/h3-13H,2H2,1H3,(H2,30,34)(H,32,35). The fourth-order valence-corrected chi connectivity index (χ4v) is 3.43. The van der Waals surface area contributed by atoms with Crippen molar-refractivity contribution in [3.05, 3.63) is 106 Å². The normalized spacial score (nSPS) is 10.6. The summed E-state index contributed by atoms with van der Waals surface area (Å²) in [5.74, 6) is -5.22. The topological polar surface area (TPSA) is 126 Å². The highest BCUT2D eigenvalue weighted by atomic mass is 19.1.